The number of thiol groups is 1. The number of hydrogen-bond acceptors (Lipinski definition) is 2. The fourth-order valence-corrected chi connectivity index (χ4v) is 2.20. The Morgan fingerprint density at radius 1 is 1.54 bits per heavy atom. The van der Waals surface area contributed by atoms with Crippen LogP contribution < -0.4 is 5.32 Å². The molecule has 1 rings (SSSR count). The first-order valence-electron chi connectivity index (χ1n) is 4.92. The Bertz CT molecular complexity index is 184. The number of rotatable bonds is 2. The third-order valence-electron chi connectivity index (χ3n) is 2.71. The molecule has 0 aromatic rings. The molecule has 0 bridgehead atoms. The van der Waals surface area contributed by atoms with Crippen molar-refractivity contribution in [1.29, 1.82) is 0 Å². The van der Waals surface area contributed by atoms with Crippen LogP contribution in [-0.2, 0) is 0 Å². The highest BCUT2D eigenvalue weighted by Gasteiger charge is 2.25. The summed E-state index contributed by atoms with van der Waals surface area (Å²) >= 11 is 9.39. The van der Waals surface area contributed by atoms with Crippen LogP contribution in [-0.4, -0.2) is 34.4 Å². The first-order chi connectivity index (χ1) is 6.19. The summed E-state index contributed by atoms with van der Waals surface area (Å²) in [6.45, 7) is 6.44. The highest BCUT2D eigenvalue weighted by atomic mass is 32.1. The van der Waals surface area contributed by atoms with Gasteiger partial charge in [0.25, 0.3) is 0 Å². The monoisotopic (exact) mass is 218 g/mol. The van der Waals surface area contributed by atoms with Gasteiger partial charge in [0.2, 0.25) is 0 Å². The summed E-state index contributed by atoms with van der Waals surface area (Å²) in [4.78, 5) is 2.24. The average molecular weight is 218 g/mol. The van der Waals surface area contributed by atoms with E-state index >= 15 is 0 Å². The fraction of sp³-hybridized carbons (Fsp3) is 0.889. The van der Waals surface area contributed by atoms with Crippen molar-refractivity contribution in [1.82, 2.24) is 10.2 Å². The molecule has 0 saturated carbocycles. The highest BCUT2D eigenvalue weighted by molar-refractivity contribution is 8.10. The van der Waals surface area contributed by atoms with Gasteiger partial charge in [-0.15, -0.1) is 12.6 Å². The molecule has 0 amide bonds. The summed E-state index contributed by atoms with van der Waals surface area (Å²) in [7, 11) is 0. The number of hydrogen-bond donors (Lipinski definition) is 2. The van der Waals surface area contributed by atoms with Gasteiger partial charge >= 0.3 is 0 Å². The van der Waals surface area contributed by atoms with E-state index in [4.69, 9.17) is 12.2 Å². The molecule has 0 aromatic carbocycles. The quantitative estimate of drug-likeness (QED) is 0.542. The van der Waals surface area contributed by atoms with Gasteiger partial charge in [0, 0.05) is 25.2 Å². The molecule has 1 aliphatic rings. The maximum atomic E-state index is 5.12. The molecular formula is C9H18N2S2. The van der Waals surface area contributed by atoms with Crippen LogP contribution in [0.4, 0.5) is 0 Å². The molecule has 2 atom stereocenters. The lowest BCUT2D eigenvalue weighted by atomic mass is 10.1. The Kier molecular flexibility index (Phi) is 4.49. The minimum Gasteiger partial charge on any atom is -0.352 e. The predicted octanol–water partition coefficient (Wildman–Crippen LogP) is 1.66. The largest absolute Gasteiger partial charge is 0.352 e. The van der Waals surface area contributed by atoms with Crippen LogP contribution in [0.5, 0.6) is 0 Å². The van der Waals surface area contributed by atoms with Gasteiger partial charge in [-0.2, -0.15) is 0 Å². The molecule has 2 nitrogen and oxygen atoms in total. The van der Waals surface area contributed by atoms with E-state index in [0.717, 1.165) is 30.3 Å². The molecule has 76 valence electrons. The number of nitrogens with one attached hydrogen (secondary N) is 1. The highest BCUT2D eigenvalue weighted by Crippen LogP contribution is 2.14. The summed E-state index contributed by atoms with van der Waals surface area (Å²) < 4.78 is 0.742. The molecular weight excluding hydrogens is 200 g/mol. The minimum absolute atomic E-state index is 0.535. The maximum absolute atomic E-state index is 5.12. The SMILES string of the molecule is CC[C@H]1CN(C(=S)S)[C@@H](CC)CN1. The van der Waals surface area contributed by atoms with Gasteiger partial charge < -0.3 is 10.2 Å². The van der Waals surface area contributed by atoms with Gasteiger partial charge in [0.05, 0.1) is 0 Å². The standard InChI is InChI=1S/C9H18N2S2/c1-3-7-6-11(9(12)13)8(4-2)5-10-7/h7-8,10H,3-6H2,1-2H3,(H,12,13)/t7-,8-/m0/s1. The average Bonchev–Trinajstić information content (AvgIpc) is 2.16. The van der Waals surface area contributed by atoms with Crippen molar-refractivity contribution in [2.45, 2.75) is 38.8 Å². The van der Waals surface area contributed by atoms with Gasteiger partial charge in [0.15, 0.2) is 0 Å². The van der Waals surface area contributed by atoms with Gasteiger partial charge in [0.1, 0.15) is 4.32 Å². The first kappa shape index (κ1) is 11.3. The fourth-order valence-electron chi connectivity index (χ4n) is 1.74. The maximum Gasteiger partial charge on any atom is 0.133 e. The third-order valence-corrected chi connectivity index (χ3v) is 3.20. The Morgan fingerprint density at radius 2 is 2.23 bits per heavy atom. The van der Waals surface area contributed by atoms with E-state index in [0.29, 0.717) is 12.1 Å². The molecule has 1 N–H and O–H groups in total. The Balaban J connectivity index is 2.57. The van der Waals surface area contributed by atoms with Gasteiger partial charge in [-0.1, -0.05) is 26.1 Å². The van der Waals surface area contributed by atoms with Crippen molar-refractivity contribution in [2.75, 3.05) is 13.1 Å². The van der Waals surface area contributed by atoms with Crippen molar-refractivity contribution >= 4 is 29.2 Å². The van der Waals surface area contributed by atoms with E-state index in [2.05, 4.69) is 36.7 Å². The molecule has 0 radical (unpaired) electrons. The van der Waals surface area contributed by atoms with Crippen molar-refractivity contribution in [3.63, 3.8) is 0 Å². The number of piperazine rings is 1. The zero-order valence-electron chi connectivity index (χ0n) is 8.29. The van der Waals surface area contributed by atoms with Gasteiger partial charge in [-0.3, -0.25) is 0 Å². The zero-order chi connectivity index (χ0) is 9.84. The summed E-state index contributed by atoms with van der Waals surface area (Å²) in [6.07, 6.45) is 2.29. The summed E-state index contributed by atoms with van der Waals surface area (Å²) in [5.74, 6) is 0. The zero-order valence-corrected chi connectivity index (χ0v) is 10.00. The van der Waals surface area contributed by atoms with Crippen LogP contribution in [0, 0.1) is 0 Å². The summed E-state index contributed by atoms with van der Waals surface area (Å²) in [5.41, 5.74) is 0. The molecule has 0 spiro atoms. The first-order valence-corrected chi connectivity index (χ1v) is 5.77. The lowest BCUT2D eigenvalue weighted by Crippen LogP contribution is -2.56. The van der Waals surface area contributed by atoms with Crippen LogP contribution in [0.15, 0.2) is 0 Å². The van der Waals surface area contributed by atoms with E-state index in [1.807, 2.05) is 0 Å². The molecule has 0 aliphatic carbocycles. The van der Waals surface area contributed by atoms with Crippen LogP contribution in [0.25, 0.3) is 0 Å². The number of thiocarbonyl (C=S) groups is 1. The molecule has 4 heteroatoms. The van der Waals surface area contributed by atoms with E-state index in [1.54, 1.807) is 0 Å². The topological polar surface area (TPSA) is 15.3 Å². The normalized spacial score (nSPS) is 29.0. The second kappa shape index (κ2) is 5.17. The van der Waals surface area contributed by atoms with Crippen LogP contribution >= 0.6 is 24.8 Å². The van der Waals surface area contributed by atoms with E-state index in [1.165, 1.54) is 0 Å². The minimum atomic E-state index is 0.535. The lowest BCUT2D eigenvalue weighted by molar-refractivity contribution is 0.212. The smallest absolute Gasteiger partial charge is 0.133 e. The lowest BCUT2D eigenvalue weighted by Gasteiger charge is -2.40. The van der Waals surface area contributed by atoms with Crippen LogP contribution in [0.2, 0.25) is 0 Å². The van der Waals surface area contributed by atoms with Gasteiger partial charge in [-0.25, -0.2) is 0 Å². The molecule has 1 heterocycles. The molecule has 1 saturated heterocycles. The van der Waals surface area contributed by atoms with E-state index < -0.39 is 0 Å². The summed E-state index contributed by atoms with van der Waals surface area (Å²) in [6, 6.07) is 1.11. The predicted molar refractivity (Wildman–Crippen MR) is 64.5 cm³/mol. The van der Waals surface area contributed by atoms with E-state index in [9.17, 15) is 0 Å². The Hall–Kier alpha value is 0.200. The molecule has 0 aromatic heterocycles. The molecule has 1 fully saturated rings. The molecule has 1 aliphatic heterocycles. The Morgan fingerprint density at radius 3 is 2.69 bits per heavy atom. The third kappa shape index (κ3) is 2.82. The summed E-state index contributed by atoms with van der Waals surface area (Å²) in [5, 5.41) is 3.52. The van der Waals surface area contributed by atoms with Crippen LogP contribution in [0.3, 0.4) is 0 Å². The van der Waals surface area contributed by atoms with Crippen molar-refractivity contribution < 1.29 is 0 Å². The molecule has 0 unspecified atom stereocenters. The second-order valence-electron chi connectivity index (χ2n) is 3.51. The van der Waals surface area contributed by atoms with Crippen molar-refractivity contribution in [2.24, 2.45) is 0 Å². The van der Waals surface area contributed by atoms with Crippen molar-refractivity contribution in [3.05, 3.63) is 0 Å². The van der Waals surface area contributed by atoms with Crippen molar-refractivity contribution in [3.8, 4) is 0 Å². The van der Waals surface area contributed by atoms with Crippen LogP contribution in [0.1, 0.15) is 26.7 Å². The van der Waals surface area contributed by atoms with Gasteiger partial charge in [-0.05, 0) is 12.8 Å². The second-order valence-corrected chi connectivity index (χ2v) is 4.62. The number of nitrogens with zero attached hydrogens (tertiary/aromatic N) is 1. The molecule has 13 heavy (non-hydrogen) atoms. The van der Waals surface area contributed by atoms with E-state index in [-0.39, 0.29) is 0 Å². The Labute approximate surface area is 91.5 Å².